The molecule has 3 aromatic heterocycles. The second-order valence-corrected chi connectivity index (χ2v) is 7.73. The Bertz CT molecular complexity index is 943. The molecule has 0 N–H and O–H groups in total. The zero-order chi connectivity index (χ0) is 18.9. The molecule has 5 rings (SSSR count). The molecular formula is C21H24FN5O. The summed E-state index contributed by atoms with van der Waals surface area (Å²) < 4.78 is 19.1. The molecule has 2 saturated heterocycles. The van der Waals surface area contributed by atoms with Crippen LogP contribution in [0.5, 0.6) is 0 Å². The molecule has 0 aliphatic carbocycles. The van der Waals surface area contributed by atoms with E-state index in [-0.39, 0.29) is 0 Å². The number of halogens is 1. The first-order chi connectivity index (χ1) is 13.8. The number of rotatable bonds is 3. The Hall–Kier alpha value is -2.54. The van der Waals surface area contributed by atoms with E-state index in [1.807, 2.05) is 6.07 Å². The molecule has 0 saturated carbocycles. The van der Waals surface area contributed by atoms with E-state index in [1.165, 1.54) is 44.6 Å². The Morgan fingerprint density at radius 2 is 1.71 bits per heavy atom. The number of hydrogen-bond acceptors (Lipinski definition) is 6. The van der Waals surface area contributed by atoms with Gasteiger partial charge in [0.2, 0.25) is 11.6 Å². The van der Waals surface area contributed by atoms with Gasteiger partial charge in [0.1, 0.15) is 0 Å². The van der Waals surface area contributed by atoms with E-state index < -0.39 is 5.95 Å². The van der Waals surface area contributed by atoms with Crippen molar-refractivity contribution in [1.29, 1.82) is 0 Å². The van der Waals surface area contributed by atoms with Crippen molar-refractivity contribution < 1.29 is 8.81 Å². The van der Waals surface area contributed by atoms with Gasteiger partial charge < -0.3 is 14.2 Å². The van der Waals surface area contributed by atoms with Crippen molar-refractivity contribution in [3.8, 4) is 11.1 Å². The minimum Gasteiger partial charge on any atom is -0.422 e. The van der Waals surface area contributed by atoms with Crippen molar-refractivity contribution in [2.24, 2.45) is 0 Å². The van der Waals surface area contributed by atoms with Gasteiger partial charge in [0.15, 0.2) is 5.58 Å². The Kier molecular flexibility index (Phi) is 4.68. The van der Waals surface area contributed by atoms with Crippen LogP contribution < -0.4 is 4.90 Å². The molecule has 28 heavy (non-hydrogen) atoms. The van der Waals surface area contributed by atoms with Gasteiger partial charge in [0.05, 0.1) is 0 Å². The molecule has 0 bridgehead atoms. The summed E-state index contributed by atoms with van der Waals surface area (Å²) >= 11 is 0. The maximum absolute atomic E-state index is 13.0. The Morgan fingerprint density at radius 3 is 2.46 bits per heavy atom. The lowest BCUT2D eigenvalue weighted by atomic mass is 10.0. The van der Waals surface area contributed by atoms with Gasteiger partial charge in [-0.25, -0.2) is 9.97 Å². The predicted octanol–water partition coefficient (Wildman–Crippen LogP) is 3.88. The maximum Gasteiger partial charge on any atom is 0.299 e. The Labute approximate surface area is 163 Å². The average molecular weight is 381 g/mol. The molecule has 2 fully saturated rings. The number of hydrogen-bond donors (Lipinski definition) is 0. The minimum atomic E-state index is -0.493. The topological polar surface area (TPSA) is 58.3 Å². The van der Waals surface area contributed by atoms with Crippen LogP contribution in [0.3, 0.4) is 0 Å². The number of anilines is 1. The van der Waals surface area contributed by atoms with Gasteiger partial charge in [-0.05, 0) is 57.0 Å². The van der Waals surface area contributed by atoms with Crippen molar-refractivity contribution >= 4 is 17.2 Å². The molecule has 2 aliphatic heterocycles. The van der Waals surface area contributed by atoms with E-state index in [4.69, 9.17) is 4.42 Å². The van der Waals surface area contributed by atoms with Crippen LogP contribution in [0.4, 0.5) is 10.4 Å². The Balaban J connectivity index is 1.31. The fourth-order valence-corrected chi connectivity index (χ4v) is 4.35. The van der Waals surface area contributed by atoms with E-state index in [1.54, 1.807) is 12.3 Å². The van der Waals surface area contributed by atoms with Crippen molar-refractivity contribution in [3.05, 3.63) is 36.5 Å². The summed E-state index contributed by atoms with van der Waals surface area (Å²) in [4.78, 5) is 17.6. The van der Waals surface area contributed by atoms with Gasteiger partial charge in [-0.2, -0.15) is 9.37 Å². The SMILES string of the molecule is Fc1ccc(-c2cnc3nc(N4CCC(N5CCCCC5)CC4)oc3c2)cn1. The lowest BCUT2D eigenvalue weighted by Gasteiger charge is -2.39. The summed E-state index contributed by atoms with van der Waals surface area (Å²) in [5.41, 5.74) is 2.89. The molecule has 7 heteroatoms. The van der Waals surface area contributed by atoms with Crippen LogP contribution in [0.15, 0.2) is 35.0 Å². The average Bonchev–Trinajstić information content (AvgIpc) is 3.18. The molecule has 3 aromatic rings. The normalized spacial score (nSPS) is 19.4. The Morgan fingerprint density at radius 1 is 0.929 bits per heavy atom. The zero-order valence-corrected chi connectivity index (χ0v) is 15.9. The lowest BCUT2D eigenvalue weighted by molar-refractivity contribution is 0.140. The third kappa shape index (κ3) is 3.46. The molecule has 6 nitrogen and oxygen atoms in total. The number of aromatic nitrogens is 3. The first-order valence-corrected chi connectivity index (χ1v) is 10.1. The first kappa shape index (κ1) is 17.6. The predicted molar refractivity (Wildman–Crippen MR) is 106 cm³/mol. The lowest BCUT2D eigenvalue weighted by Crippen LogP contribution is -2.46. The van der Waals surface area contributed by atoms with Crippen LogP contribution in [0.2, 0.25) is 0 Å². The summed E-state index contributed by atoms with van der Waals surface area (Å²) in [7, 11) is 0. The van der Waals surface area contributed by atoms with E-state index >= 15 is 0 Å². The van der Waals surface area contributed by atoms with Gasteiger partial charge >= 0.3 is 0 Å². The highest BCUT2D eigenvalue weighted by Crippen LogP contribution is 2.28. The van der Waals surface area contributed by atoms with E-state index in [9.17, 15) is 4.39 Å². The molecule has 0 spiro atoms. The van der Waals surface area contributed by atoms with Crippen LogP contribution in [-0.4, -0.2) is 52.1 Å². The second-order valence-electron chi connectivity index (χ2n) is 7.73. The summed E-state index contributed by atoms with van der Waals surface area (Å²) in [6.45, 7) is 4.42. The third-order valence-electron chi connectivity index (χ3n) is 5.94. The largest absolute Gasteiger partial charge is 0.422 e. The monoisotopic (exact) mass is 381 g/mol. The van der Waals surface area contributed by atoms with Gasteiger partial charge in [0, 0.05) is 42.7 Å². The summed E-state index contributed by atoms with van der Waals surface area (Å²) in [6.07, 6.45) is 9.58. The van der Waals surface area contributed by atoms with Crippen LogP contribution >= 0.6 is 0 Å². The number of nitrogens with zero attached hydrogens (tertiary/aromatic N) is 5. The highest BCUT2D eigenvalue weighted by atomic mass is 19.1. The van der Waals surface area contributed by atoms with Crippen molar-refractivity contribution in [2.45, 2.75) is 38.1 Å². The molecule has 0 atom stereocenters. The zero-order valence-electron chi connectivity index (χ0n) is 15.9. The van der Waals surface area contributed by atoms with E-state index in [2.05, 4.69) is 24.8 Å². The summed E-state index contributed by atoms with van der Waals surface area (Å²) in [5, 5.41) is 0. The van der Waals surface area contributed by atoms with Crippen molar-refractivity contribution in [3.63, 3.8) is 0 Å². The van der Waals surface area contributed by atoms with Gasteiger partial charge in [-0.15, -0.1) is 0 Å². The first-order valence-electron chi connectivity index (χ1n) is 10.1. The molecule has 0 aromatic carbocycles. The number of likely N-dealkylation sites (tertiary alicyclic amines) is 1. The quantitative estimate of drug-likeness (QED) is 0.642. The van der Waals surface area contributed by atoms with Crippen LogP contribution in [-0.2, 0) is 0 Å². The van der Waals surface area contributed by atoms with E-state index in [0.29, 0.717) is 23.3 Å². The number of fused-ring (bicyclic) bond motifs is 1. The molecule has 2 aliphatic rings. The summed E-state index contributed by atoms with van der Waals surface area (Å²) in [5.74, 6) is -0.493. The number of pyridine rings is 2. The summed E-state index contributed by atoms with van der Waals surface area (Å²) in [6, 6.07) is 6.27. The molecule has 5 heterocycles. The van der Waals surface area contributed by atoms with Crippen LogP contribution in [0.25, 0.3) is 22.4 Å². The fraction of sp³-hybridized carbons (Fsp3) is 0.476. The molecule has 146 valence electrons. The van der Waals surface area contributed by atoms with Crippen LogP contribution in [0.1, 0.15) is 32.1 Å². The number of piperidine rings is 2. The fourth-order valence-electron chi connectivity index (χ4n) is 4.35. The highest BCUT2D eigenvalue weighted by molar-refractivity contribution is 5.77. The minimum absolute atomic E-state index is 0.493. The number of oxazole rings is 1. The third-order valence-corrected chi connectivity index (χ3v) is 5.94. The second kappa shape index (κ2) is 7.47. The molecule has 0 radical (unpaired) electrons. The molecular weight excluding hydrogens is 357 g/mol. The smallest absolute Gasteiger partial charge is 0.299 e. The highest BCUT2D eigenvalue weighted by Gasteiger charge is 2.27. The van der Waals surface area contributed by atoms with Crippen molar-refractivity contribution in [1.82, 2.24) is 19.9 Å². The van der Waals surface area contributed by atoms with Gasteiger partial charge in [-0.3, -0.25) is 0 Å². The standard InChI is InChI=1S/C21H24FN5O/c22-19-5-4-15(13-23-19)16-12-18-20(24-14-16)25-21(28-18)27-10-6-17(7-11-27)26-8-2-1-3-9-26/h4-5,12-14,17H,1-3,6-11H2. The molecule has 0 unspecified atom stereocenters. The van der Waals surface area contributed by atoms with Gasteiger partial charge in [0.25, 0.3) is 6.01 Å². The van der Waals surface area contributed by atoms with E-state index in [0.717, 1.165) is 37.1 Å². The van der Waals surface area contributed by atoms with Crippen LogP contribution in [0, 0.1) is 5.95 Å². The van der Waals surface area contributed by atoms with Crippen molar-refractivity contribution in [2.75, 3.05) is 31.1 Å². The van der Waals surface area contributed by atoms with Gasteiger partial charge in [-0.1, -0.05) is 6.42 Å². The maximum atomic E-state index is 13.0. The molecule has 0 amide bonds.